The Hall–Kier alpha value is -1.32. The van der Waals surface area contributed by atoms with Crippen LogP contribution in [-0.2, 0) is 9.59 Å². The fourth-order valence-corrected chi connectivity index (χ4v) is 2.64. The predicted octanol–water partition coefficient (Wildman–Crippen LogP) is 1.61. The highest BCUT2D eigenvalue weighted by Crippen LogP contribution is 2.21. The first-order valence-electron chi connectivity index (χ1n) is 6.96. The molecule has 18 heavy (non-hydrogen) atoms. The van der Waals surface area contributed by atoms with E-state index < -0.39 is 0 Å². The molecule has 1 atom stereocenters. The van der Waals surface area contributed by atoms with Gasteiger partial charge < -0.3 is 10.2 Å². The maximum atomic E-state index is 12.2. The summed E-state index contributed by atoms with van der Waals surface area (Å²) >= 11 is 0. The topological polar surface area (TPSA) is 49.4 Å². The van der Waals surface area contributed by atoms with Gasteiger partial charge in [0.25, 0.3) is 0 Å². The van der Waals surface area contributed by atoms with Crippen LogP contribution in [0.25, 0.3) is 0 Å². The molecule has 2 rings (SSSR count). The maximum Gasteiger partial charge on any atom is 0.245 e. The molecule has 4 nitrogen and oxygen atoms in total. The zero-order valence-corrected chi connectivity index (χ0v) is 11.1. The lowest BCUT2D eigenvalue weighted by Gasteiger charge is -2.23. The van der Waals surface area contributed by atoms with Crippen LogP contribution >= 0.6 is 0 Å². The standard InChI is InChI=1S/C14H22N2O2/c1-2-12-14(18)16(10-8-13(17)15-12)9-7-11-5-3-4-6-11/h5,12H,2-4,6-10H2,1H3,(H,15,17). The molecule has 0 aromatic rings. The molecule has 1 aliphatic carbocycles. The van der Waals surface area contributed by atoms with Crippen LogP contribution in [-0.4, -0.2) is 35.8 Å². The predicted molar refractivity (Wildman–Crippen MR) is 70.0 cm³/mol. The van der Waals surface area contributed by atoms with E-state index in [9.17, 15) is 9.59 Å². The second-order valence-electron chi connectivity index (χ2n) is 5.11. The minimum absolute atomic E-state index is 0.00205. The number of allylic oxidation sites excluding steroid dienone is 1. The lowest BCUT2D eigenvalue weighted by Crippen LogP contribution is -2.44. The van der Waals surface area contributed by atoms with E-state index in [1.165, 1.54) is 24.8 Å². The molecule has 1 heterocycles. The van der Waals surface area contributed by atoms with Crippen LogP contribution in [0.5, 0.6) is 0 Å². The first kappa shape index (κ1) is 13.1. The van der Waals surface area contributed by atoms with Gasteiger partial charge in [-0.3, -0.25) is 9.59 Å². The van der Waals surface area contributed by atoms with Crippen molar-refractivity contribution in [3.8, 4) is 0 Å². The van der Waals surface area contributed by atoms with E-state index in [1.807, 2.05) is 11.8 Å². The van der Waals surface area contributed by atoms with Crippen molar-refractivity contribution in [2.24, 2.45) is 0 Å². The van der Waals surface area contributed by atoms with Gasteiger partial charge in [-0.25, -0.2) is 0 Å². The summed E-state index contributed by atoms with van der Waals surface area (Å²) in [5.41, 5.74) is 1.47. The Morgan fingerprint density at radius 2 is 2.22 bits per heavy atom. The molecule has 0 radical (unpaired) electrons. The summed E-state index contributed by atoms with van der Waals surface area (Å²) in [6, 6.07) is -0.322. The monoisotopic (exact) mass is 250 g/mol. The average Bonchev–Trinajstić information content (AvgIpc) is 2.83. The number of nitrogens with one attached hydrogen (secondary N) is 1. The van der Waals surface area contributed by atoms with Gasteiger partial charge in [-0.1, -0.05) is 18.6 Å². The van der Waals surface area contributed by atoms with E-state index in [0.717, 1.165) is 13.0 Å². The quantitative estimate of drug-likeness (QED) is 0.771. The molecule has 0 saturated carbocycles. The molecule has 1 unspecified atom stereocenters. The van der Waals surface area contributed by atoms with Gasteiger partial charge in [-0.15, -0.1) is 0 Å². The van der Waals surface area contributed by atoms with Gasteiger partial charge in [-0.2, -0.15) is 0 Å². The highest BCUT2D eigenvalue weighted by Gasteiger charge is 2.28. The largest absolute Gasteiger partial charge is 0.344 e. The molecule has 0 spiro atoms. The van der Waals surface area contributed by atoms with Gasteiger partial charge >= 0.3 is 0 Å². The average molecular weight is 250 g/mol. The van der Waals surface area contributed by atoms with E-state index in [-0.39, 0.29) is 17.9 Å². The lowest BCUT2D eigenvalue weighted by atomic mass is 10.1. The zero-order chi connectivity index (χ0) is 13.0. The number of carbonyl (C=O) groups is 2. The maximum absolute atomic E-state index is 12.2. The molecule has 1 saturated heterocycles. The fraction of sp³-hybridized carbons (Fsp3) is 0.714. The van der Waals surface area contributed by atoms with Crippen LogP contribution in [0.2, 0.25) is 0 Å². The molecule has 2 amide bonds. The molecule has 1 aliphatic heterocycles. The third-order valence-corrected chi connectivity index (χ3v) is 3.80. The first-order valence-corrected chi connectivity index (χ1v) is 6.96. The number of hydrogen-bond donors (Lipinski definition) is 1. The summed E-state index contributed by atoms with van der Waals surface area (Å²) in [5, 5.41) is 2.79. The van der Waals surface area contributed by atoms with Crippen LogP contribution in [0.3, 0.4) is 0 Å². The number of amides is 2. The van der Waals surface area contributed by atoms with E-state index in [4.69, 9.17) is 0 Å². The Labute approximate surface area is 108 Å². The first-order chi connectivity index (χ1) is 8.70. The van der Waals surface area contributed by atoms with Crippen LogP contribution in [0, 0.1) is 0 Å². The molecular weight excluding hydrogens is 228 g/mol. The second kappa shape index (κ2) is 6.03. The van der Waals surface area contributed by atoms with Crippen LogP contribution < -0.4 is 5.32 Å². The minimum atomic E-state index is -0.322. The molecule has 1 fully saturated rings. The van der Waals surface area contributed by atoms with E-state index in [1.54, 1.807) is 0 Å². The smallest absolute Gasteiger partial charge is 0.245 e. The van der Waals surface area contributed by atoms with Crippen LogP contribution in [0.1, 0.15) is 45.4 Å². The summed E-state index contributed by atoms with van der Waals surface area (Å²) in [7, 11) is 0. The molecule has 100 valence electrons. The van der Waals surface area contributed by atoms with Crippen molar-refractivity contribution < 1.29 is 9.59 Å². The second-order valence-corrected chi connectivity index (χ2v) is 5.11. The number of nitrogens with zero attached hydrogens (tertiary/aromatic N) is 1. The van der Waals surface area contributed by atoms with Gasteiger partial charge in [-0.05, 0) is 32.1 Å². The van der Waals surface area contributed by atoms with Gasteiger partial charge in [0.15, 0.2) is 0 Å². The SMILES string of the molecule is CCC1NC(=O)CCN(CCC2=CCCC2)C1=O. The molecule has 4 heteroatoms. The third-order valence-electron chi connectivity index (χ3n) is 3.80. The number of rotatable bonds is 4. The summed E-state index contributed by atoms with van der Waals surface area (Å²) in [6.07, 6.45) is 7.97. The van der Waals surface area contributed by atoms with E-state index >= 15 is 0 Å². The van der Waals surface area contributed by atoms with Crippen molar-refractivity contribution in [1.29, 1.82) is 0 Å². The van der Waals surface area contributed by atoms with Crippen molar-refractivity contribution in [2.45, 2.75) is 51.5 Å². The van der Waals surface area contributed by atoms with Crippen molar-refractivity contribution in [3.63, 3.8) is 0 Å². The van der Waals surface area contributed by atoms with Crippen molar-refractivity contribution in [1.82, 2.24) is 10.2 Å². The Balaban J connectivity index is 1.92. The highest BCUT2D eigenvalue weighted by molar-refractivity contribution is 5.89. The van der Waals surface area contributed by atoms with Crippen molar-refractivity contribution >= 4 is 11.8 Å². The van der Waals surface area contributed by atoms with Gasteiger partial charge in [0.2, 0.25) is 11.8 Å². The molecule has 2 aliphatic rings. The van der Waals surface area contributed by atoms with Crippen LogP contribution in [0.15, 0.2) is 11.6 Å². The van der Waals surface area contributed by atoms with E-state index in [2.05, 4.69) is 11.4 Å². The number of carbonyl (C=O) groups excluding carboxylic acids is 2. The summed E-state index contributed by atoms with van der Waals surface area (Å²) < 4.78 is 0. The van der Waals surface area contributed by atoms with Gasteiger partial charge in [0.1, 0.15) is 6.04 Å². The molecule has 0 bridgehead atoms. The van der Waals surface area contributed by atoms with Crippen LogP contribution in [0.4, 0.5) is 0 Å². The molecule has 1 N–H and O–H groups in total. The van der Waals surface area contributed by atoms with Crippen molar-refractivity contribution in [2.75, 3.05) is 13.1 Å². The fourth-order valence-electron chi connectivity index (χ4n) is 2.64. The lowest BCUT2D eigenvalue weighted by molar-refractivity contribution is -0.133. The Morgan fingerprint density at radius 1 is 1.39 bits per heavy atom. The number of hydrogen-bond acceptors (Lipinski definition) is 2. The molecule has 0 aromatic carbocycles. The van der Waals surface area contributed by atoms with Gasteiger partial charge in [0.05, 0.1) is 0 Å². The highest BCUT2D eigenvalue weighted by atomic mass is 16.2. The Kier molecular flexibility index (Phi) is 4.39. The van der Waals surface area contributed by atoms with Gasteiger partial charge in [0, 0.05) is 19.5 Å². The van der Waals surface area contributed by atoms with E-state index in [0.29, 0.717) is 19.4 Å². The Bertz CT molecular complexity index is 363. The summed E-state index contributed by atoms with van der Waals surface area (Å²) in [4.78, 5) is 25.6. The minimum Gasteiger partial charge on any atom is -0.344 e. The molecule has 0 aromatic heterocycles. The normalized spacial score (nSPS) is 24.8. The summed E-state index contributed by atoms with van der Waals surface area (Å²) in [6.45, 7) is 3.26. The molecular formula is C14H22N2O2. The third kappa shape index (κ3) is 3.12. The summed E-state index contributed by atoms with van der Waals surface area (Å²) in [5.74, 6) is 0.0831. The Morgan fingerprint density at radius 3 is 2.89 bits per heavy atom. The van der Waals surface area contributed by atoms with Crippen molar-refractivity contribution in [3.05, 3.63) is 11.6 Å². The zero-order valence-electron chi connectivity index (χ0n) is 11.1.